The smallest absolute Gasteiger partial charge is 0.0997 e. The van der Waals surface area contributed by atoms with Gasteiger partial charge in [0.15, 0.2) is 0 Å². The van der Waals surface area contributed by atoms with Crippen LogP contribution in [0.3, 0.4) is 0 Å². The van der Waals surface area contributed by atoms with E-state index in [4.69, 9.17) is 10.4 Å². The summed E-state index contributed by atoms with van der Waals surface area (Å²) < 4.78 is 0. The van der Waals surface area contributed by atoms with Crippen LogP contribution in [0.2, 0.25) is 0 Å². The Kier molecular flexibility index (Phi) is 4.33. The third kappa shape index (κ3) is 2.57. The van der Waals surface area contributed by atoms with Gasteiger partial charge >= 0.3 is 0 Å². The van der Waals surface area contributed by atoms with Crippen LogP contribution in [-0.2, 0) is 6.42 Å². The molecular formula is C13H16NO. The first-order valence-electron chi connectivity index (χ1n) is 5.20. The maximum absolute atomic E-state index is 9.11. The van der Waals surface area contributed by atoms with Crippen LogP contribution in [0, 0.1) is 18.3 Å². The first kappa shape index (κ1) is 11.7. The van der Waals surface area contributed by atoms with E-state index in [-0.39, 0.29) is 12.5 Å². The average molecular weight is 202 g/mol. The number of hydrogen-bond acceptors (Lipinski definition) is 2. The largest absolute Gasteiger partial charge is 0.396 e. The van der Waals surface area contributed by atoms with Gasteiger partial charge in [0.25, 0.3) is 0 Å². The fourth-order valence-corrected chi connectivity index (χ4v) is 1.67. The Bertz CT molecular complexity index is 365. The Labute approximate surface area is 91.2 Å². The van der Waals surface area contributed by atoms with Crippen molar-refractivity contribution in [3.8, 4) is 6.07 Å². The van der Waals surface area contributed by atoms with Gasteiger partial charge in [-0.1, -0.05) is 31.5 Å². The van der Waals surface area contributed by atoms with E-state index >= 15 is 0 Å². The van der Waals surface area contributed by atoms with Crippen LogP contribution in [0.5, 0.6) is 0 Å². The molecular weight excluding hydrogens is 186 g/mol. The molecule has 1 atom stereocenters. The van der Waals surface area contributed by atoms with Crippen LogP contribution < -0.4 is 0 Å². The van der Waals surface area contributed by atoms with Gasteiger partial charge < -0.3 is 5.11 Å². The van der Waals surface area contributed by atoms with Gasteiger partial charge in [0.2, 0.25) is 0 Å². The molecule has 0 spiro atoms. The zero-order chi connectivity index (χ0) is 11.3. The van der Waals surface area contributed by atoms with E-state index in [0.29, 0.717) is 5.56 Å². The van der Waals surface area contributed by atoms with Crippen molar-refractivity contribution in [2.45, 2.75) is 25.7 Å². The monoisotopic (exact) mass is 202 g/mol. The van der Waals surface area contributed by atoms with E-state index in [9.17, 15) is 0 Å². The number of aliphatic hydroxyl groups excluding tert-OH is 1. The lowest BCUT2D eigenvalue weighted by molar-refractivity contribution is 0.282. The molecule has 1 aromatic rings. The van der Waals surface area contributed by atoms with Gasteiger partial charge in [0, 0.05) is 12.5 Å². The summed E-state index contributed by atoms with van der Waals surface area (Å²) in [6, 6.07) is 7.97. The van der Waals surface area contributed by atoms with Crippen LogP contribution in [0.4, 0.5) is 0 Å². The predicted octanol–water partition coefficient (Wildman–Crippen LogP) is 2.42. The lowest BCUT2D eigenvalue weighted by Gasteiger charge is -2.13. The van der Waals surface area contributed by atoms with Crippen molar-refractivity contribution < 1.29 is 5.11 Å². The minimum Gasteiger partial charge on any atom is -0.396 e. The summed E-state index contributed by atoms with van der Waals surface area (Å²) in [6.07, 6.45) is 1.91. The standard InChI is InChI=1S/C13H16NO/c1-3-5-11-6-4-7-12(10(2)9-15)13(11)8-14/h4,6-7,10,15H,2-3,5,9H2,1H3. The molecule has 0 aromatic heterocycles. The molecule has 0 amide bonds. The predicted molar refractivity (Wildman–Crippen MR) is 60.3 cm³/mol. The van der Waals surface area contributed by atoms with Gasteiger partial charge in [0.1, 0.15) is 0 Å². The van der Waals surface area contributed by atoms with E-state index in [0.717, 1.165) is 24.0 Å². The highest BCUT2D eigenvalue weighted by Gasteiger charge is 2.12. The van der Waals surface area contributed by atoms with Gasteiger partial charge in [-0.3, -0.25) is 0 Å². The molecule has 0 bridgehead atoms. The number of rotatable bonds is 4. The molecule has 0 saturated carbocycles. The zero-order valence-electron chi connectivity index (χ0n) is 9.03. The fourth-order valence-electron chi connectivity index (χ4n) is 1.67. The van der Waals surface area contributed by atoms with Crippen LogP contribution in [0.25, 0.3) is 0 Å². The number of nitrogens with zero attached hydrogens (tertiary/aromatic N) is 1. The van der Waals surface area contributed by atoms with Crippen LogP contribution in [0.1, 0.15) is 36.0 Å². The highest BCUT2D eigenvalue weighted by atomic mass is 16.3. The van der Waals surface area contributed by atoms with Crippen molar-refractivity contribution in [1.82, 2.24) is 0 Å². The van der Waals surface area contributed by atoms with Gasteiger partial charge in [0.05, 0.1) is 11.6 Å². The van der Waals surface area contributed by atoms with Gasteiger partial charge in [-0.15, -0.1) is 0 Å². The van der Waals surface area contributed by atoms with Crippen LogP contribution in [-0.4, -0.2) is 11.7 Å². The maximum atomic E-state index is 9.11. The molecule has 15 heavy (non-hydrogen) atoms. The average Bonchev–Trinajstić information content (AvgIpc) is 2.28. The Hall–Kier alpha value is -1.33. The molecule has 0 aliphatic carbocycles. The molecule has 2 heteroatoms. The van der Waals surface area contributed by atoms with Crippen LogP contribution >= 0.6 is 0 Å². The first-order valence-corrected chi connectivity index (χ1v) is 5.20. The number of benzene rings is 1. The fraction of sp³-hybridized carbons (Fsp3) is 0.385. The molecule has 0 saturated heterocycles. The second-order valence-corrected chi connectivity index (χ2v) is 3.62. The maximum Gasteiger partial charge on any atom is 0.0997 e. The lowest BCUT2D eigenvalue weighted by Crippen LogP contribution is -2.04. The summed E-state index contributed by atoms with van der Waals surface area (Å²) >= 11 is 0. The highest BCUT2D eigenvalue weighted by Crippen LogP contribution is 2.22. The third-order valence-electron chi connectivity index (χ3n) is 2.47. The van der Waals surface area contributed by atoms with E-state index in [2.05, 4.69) is 19.9 Å². The molecule has 2 nitrogen and oxygen atoms in total. The third-order valence-corrected chi connectivity index (χ3v) is 2.47. The van der Waals surface area contributed by atoms with E-state index < -0.39 is 0 Å². The second-order valence-electron chi connectivity index (χ2n) is 3.62. The normalized spacial score (nSPS) is 12.1. The number of hydrogen-bond donors (Lipinski definition) is 1. The molecule has 0 fully saturated rings. The molecule has 79 valence electrons. The van der Waals surface area contributed by atoms with Crippen molar-refractivity contribution in [2.24, 2.45) is 0 Å². The highest BCUT2D eigenvalue weighted by molar-refractivity contribution is 5.46. The van der Waals surface area contributed by atoms with Crippen molar-refractivity contribution in [3.05, 3.63) is 41.8 Å². The topological polar surface area (TPSA) is 44.0 Å². The van der Waals surface area contributed by atoms with Crippen molar-refractivity contribution in [3.63, 3.8) is 0 Å². The Morgan fingerprint density at radius 1 is 1.53 bits per heavy atom. The number of aryl methyl sites for hydroxylation is 1. The molecule has 1 N–H and O–H groups in total. The molecule has 1 rings (SSSR count). The summed E-state index contributed by atoms with van der Waals surface area (Å²) in [5.74, 6) is -0.212. The summed E-state index contributed by atoms with van der Waals surface area (Å²) in [5.41, 5.74) is 2.60. The SMILES string of the molecule is [CH2]C(CO)c1cccc(CCC)c1C#N. The quantitative estimate of drug-likeness (QED) is 0.814. The second kappa shape index (κ2) is 5.53. The molecule has 1 radical (unpaired) electrons. The summed E-state index contributed by atoms with van der Waals surface area (Å²) in [5, 5.41) is 18.2. The Morgan fingerprint density at radius 2 is 2.27 bits per heavy atom. The first-order chi connectivity index (χ1) is 7.24. The van der Waals surface area contributed by atoms with E-state index in [1.807, 2.05) is 18.2 Å². The lowest BCUT2D eigenvalue weighted by atomic mass is 9.92. The Morgan fingerprint density at radius 3 is 2.80 bits per heavy atom. The van der Waals surface area contributed by atoms with Crippen LogP contribution in [0.15, 0.2) is 18.2 Å². The number of nitriles is 1. The van der Waals surface area contributed by atoms with Crippen molar-refractivity contribution in [1.29, 1.82) is 5.26 Å². The van der Waals surface area contributed by atoms with E-state index in [1.54, 1.807) is 0 Å². The Balaban J connectivity index is 3.17. The van der Waals surface area contributed by atoms with E-state index in [1.165, 1.54) is 0 Å². The molecule has 0 aliphatic heterocycles. The number of aliphatic hydroxyl groups is 1. The summed E-state index contributed by atoms with van der Waals surface area (Å²) in [7, 11) is 0. The van der Waals surface area contributed by atoms with Gasteiger partial charge in [-0.05, 0) is 24.5 Å². The van der Waals surface area contributed by atoms with Gasteiger partial charge in [-0.2, -0.15) is 5.26 Å². The van der Waals surface area contributed by atoms with Crippen molar-refractivity contribution in [2.75, 3.05) is 6.61 Å². The van der Waals surface area contributed by atoms with Crippen molar-refractivity contribution >= 4 is 0 Å². The molecule has 0 heterocycles. The summed E-state index contributed by atoms with van der Waals surface area (Å²) in [6.45, 7) is 5.90. The van der Waals surface area contributed by atoms with Gasteiger partial charge in [-0.25, -0.2) is 0 Å². The molecule has 1 unspecified atom stereocenters. The zero-order valence-corrected chi connectivity index (χ0v) is 9.03. The minimum absolute atomic E-state index is 0.0236. The summed E-state index contributed by atoms with van der Waals surface area (Å²) in [4.78, 5) is 0. The molecule has 1 aromatic carbocycles. The minimum atomic E-state index is -0.212. The molecule has 0 aliphatic rings.